The topological polar surface area (TPSA) is 21.6 Å². The zero-order valence-corrected chi connectivity index (χ0v) is 9.55. The first-order valence-corrected chi connectivity index (χ1v) is 7.77. The number of hydrogen-bond acceptors (Lipinski definition) is 2. The fourth-order valence-corrected chi connectivity index (χ4v) is 2.75. The summed E-state index contributed by atoms with van der Waals surface area (Å²) in [5.74, 6) is 1.01. The van der Waals surface area contributed by atoms with Gasteiger partial charge in [-0.25, -0.2) is 0 Å². The van der Waals surface area contributed by atoms with E-state index in [0.717, 1.165) is 25.3 Å². The molecule has 0 aliphatic carbocycles. The van der Waals surface area contributed by atoms with Crippen LogP contribution in [0.25, 0.3) is 0 Å². The maximum absolute atomic E-state index is 5.92. The molecule has 0 amide bonds. The molecule has 0 aromatic carbocycles. The van der Waals surface area contributed by atoms with E-state index in [1.807, 2.05) is 0 Å². The van der Waals surface area contributed by atoms with Gasteiger partial charge in [0.05, 0.1) is 0 Å². The second-order valence-corrected chi connectivity index (χ2v) is 8.49. The highest BCUT2D eigenvalue weighted by atomic mass is 28.4. The van der Waals surface area contributed by atoms with Gasteiger partial charge in [-0.1, -0.05) is 13.8 Å². The van der Waals surface area contributed by atoms with Gasteiger partial charge in [-0.05, 0) is 19.5 Å². The highest BCUT2D eigenvalue weighted by Crippen LogP contribution is 2.27. The van der Waals surface area contributed by atoms with Crippen molar-refractivity contribution in [3.05, 3.63) is 0 Å². The van der Waals surface area contributed by atoms with Crippen LogP contribution in [0.1, 0.15) is 26.7 Å². The molecule has 1 unspecified atom stereocenters. The third kappa shape index (κ3) is 2.09. The SMILES string of the molecule is CCCC1=NCC(C)[Si](C)(C)O1. The molecule has 0 fully saturated rings. The summed E-state index contributed by atoms with van der Waals surface area (Å²) >= 11 is 0. The van der Waals surface area contributed by atoms with Crippen LogP contribution in [0.15, 0.2) is 4.99 Å². The van der Waals surface area contributed by atoms with Gasteiger partial charge >= 0.3 is 0 Å². The van der Waals surface area contributed by atoms with Gasteiger partial charge in [0.2, 0.25) is 0 Å². The van der Waals surface area contributed by atoms with Gasteiger partial charge in [0, 0.05) is 18.5 Å². The van der Waals surface area contributed by atoms with E-state index in [2.05, 4.69) is 31.9 Å². The quantitative estimate of drug-likeness (QED) is 0.606. The summed E-state index contributed by atoms with van der Waals surface area (Å²) in [7, 11) is -1.42. The summed E-state index contributed by atoms with van der Waals surface area (Å²) in [6.07, 6.45) is 2.15. The number of nitrogens with zero attached hydrogens (tertiary/aromatic N) is 1. The van der Waals surface area contributed by atoms with Crippen LogP contribution >= 0.6 is 0 Å². The predicted molar refractivity (Wildman–Crippen MR) is 55.2 cm³/mol. The van der Waals surface area contributed by atoms with Crippen LogP contribution in [0.5, 0.6) is 0 Å². The van der Waals surface area contributed by atoms with Crippen molar-refractivity contribution in [1.29, 1.82) is 0 Å². The second-order valence-electron chi connectivity index (χ2n) is 4.09. The average Bonchev–Trinajstić information content (AvgIpc) is 1.97. The highest BCUT2D eigenvalue weighted by molar-refractivity contribution is 6.74. The lowest BCUT2D eigenvalue weighted by Crippen LogP contribution is -2.42. The Bertz CT molecular complexity index is 189. The summed E-state index contributed by atoms with van der Waals surface area (Å²) in [5, 5.41) is 0. The first-order valence-electron chi connectivity index (χ1n) is 4.78. The molecular formula is C9H19NOSi. The van der Waals surface area contributed by atoms with Crippen molar-refractivity contribution in [2.75, 3.05) is 6.54 Å². The molecule has 1 rings (SSSR count). The molecule has 0 bridgehead atoms. The van der Waals surface area contributed by atoms with Crippen molar-refractivity contribution in [2.45, 2.75) is 45.3 Å². The van der Waals surface area contributed by atoms with E-state index in [9.17, 15) is 0 Å². The van der Waals surface area contributed by atoms with E-state index in [1.165, 1.54) is 0 Å². The lowest BCUT2D eigenvalue weighted by atomic mass is 10.3. The van der Waals surface area contributed by atoms with Crippen LogP contribution in [0.4, 0.5) is 0 Å². The molecule has 12 heavy (non-hydrogen) atoms. The summed E-state index contributed by atoms with van der Waals surface area (Å²) in [5.41, 5.74) is 0.665. The first-order chi connectivity index (χ1) is 5.56. The van der Waals surface area contributed by atoms with E-state index >= 15 is 0 Å². The third-order valence-electron chi connectivity index (χ3n) is 2.57. The van der Waals surface area contributed by atoms with Gasteiger partial charge in [0.15, 0.2) is 5.90 Å². The van der Waals surface area contributed by atoms with Gasteiger partial charge in [-0.15, -0.1) is 0 Å². The van der Waals surface area contributed by atoms with Gasteiger partial charge < -0.3 is 4.43 Å². The van der Waals surface area contributed by atoms with Crippen molar-refractivity contribution in [3.8, 4) is 0 Å². The molecule has 0 saturated heterocycles. The van der Waals surface area contributed by atoms with Crippen LogP contribution in [-0.4, -0.2) is 20.8 Å². The molecule has 0 N–H and O–H groups in total. The van der Waals surface area contributed by atoms with Gasteiger partial charge in [0.25, 0.3) is 8.32 Å². The second kappa shape index (κ2) is 3.60. The Labute approximate surface area is 76.2 Å². The number of hydrogen-bond donors (Lipinski definition) is 0. The summed E-state index contributed by atoms with van der Waals surface area (Å²) in [6, 6.07) is 0. The Kier molecular flexibility index (Phi) is 2.93. The van der Waals surface area contributed by atoms with Crippen molar-refractivity contribution < 1.29 is 4.43 Å². The molecule has 1 aliphatic rings. The van der Waals surface area contributed by atoms with Crippen molar-refractivity contribution >= 4 is 14.2 Å². The maximum atomic E-state index is 5.92. The molecule has 0 saturated carbocycles. The van der Waals surface area contributed by atoms with Crippen LogP contribution in [0.2, 0.25) is 18.6 Å². The Hall–Kier alpha value is -0.313. The molecule has 1 heterocycles. The fourth-order valence-electron chi connectivity index (χ4n) is 1.24. The lowest BCUT2D eigenvalue weighted by molar-refractivity contribution is 0.479. The highest BCUT2D eigenvalue weighted by Gasteiger charge is 2.35. The molecule has 0 radical (unpaired) electrons. The van der Waals surface area contributed by atoms with E-state index in [0.29, 0.717) is 5.54 Å². The minimum atomic E-state index is -1.42. The van der Waals surface area contributed by atoms with Gasteiger partial charge in [-0.2, -0.15) is 0 Å². The summed E-state index contributed by atoms with van der Waals surface area (Å²) in [6.45, 7) is 9.95. The van der Waals surface area contributed by atoms with Crippen molar-refractivity contribution in [3.63, 3.8) is 0 Å². The van der Waals surface area contributed by atoms with E-state index in [-0.39, 0.29) is 0 Å². The van der Waals surface area contributed by atoms with Crippen LogP contribution in [-0.2, 0) is 4.43 Å². The molecule has 0 aromatic rings. The summed E-state index contributed by atoms with van der Waals surface area (Å²) < 4.78 is 5.92. The van der Waals surface area contributed by atoms with Crippen molar-refractivity contribution in [2.24, 2.45) is 4.99 Å². The minimum absolute atomic E-state index is 0.665. The van der Waals surface area contributed by atoms with Gasteiger partial charge in [0.1, 0.15) is 0 Å². The van der Waals surface area contributed by atoms with Crippen LogP contribution in [0.3, 0.4) is 0 Å². The predicted octanol–water partition coefficient (Wildman–Crippen LogP) is 2.81. The standard InChI is InChI=1S/C9H19NOSi/c1-5-6-9-10-7-8(2)12(3,4)11-9/h8H,5-7H2,1-4H3. The molecule has 0 aromatic heterocycles. The number of rotatable bonds is 2. The largest absolute Gasteiger partial charge is 0.534 e. The monoisotopic (exact) mass is 185 g/mol. The van der Waals surface area contributed by atoms with Crippen LogP contribution in [0, 0.1) is 0 Å². The zero-order valence-electron chi connectivity index (χ0n) is 8.55. The molecule has 3 heteroatoms. The Morgan fingerprint density at radius 3 is 2.75 bits per heavy atom. The molecular weight excluding hydrogens is 166 g/mol. The smallest absolute Gasteiger partial charge is 0.251 e. The lowest BCUT2D eigenvalue weighted by Gasteiger charge is -2.33. The molecule has 1 aliphatic heterocycles. The van der Waals surface area contributed by atoms with Crippen molar-refractivity contribution in [1.82, 2.24) is 0 Å². The van der Waals surface area contributed by atoms with Crippen LogP contribution < -0.4 is 0 Å². The van der Waals surface area contributed by atoms with E-state index in [4.69, 9.17) is 4.43 Å². The zero-order chi connectivity index (χ0) is 9.19. The molecule has 2 nitrogen and oxygen atoms in total. The normalized spacial score (nSPS) is 27.7. The maximum Gasteiger partial charge on any atom is 0.251 e. The molecule has 0 spiro atoms. The van der Waals surface area contributed by atoms with Gasteiger partial charge in [-0.3, -0.25) is 4.99 Å². The molecule has 70 valence electrons. The Balaban J connectivity index is 2.61. The molecule has 1 atom stereocenters. The minimum Gasteiger partial charge on any atom is -0.534 e. The first kappa shape index (κ1) is 9.77. The third-order valence-corrected chi connectivity index (χ3v) is 5.89. The van der Waals surface area contributed by atoms with E-state index in [1.54, 1.807) is 0 Å². The number of aliphatic imine (C=N–C) groups is 1. The Morgan fingerprint density at radius 1 is 1.58 bits per heavy atom. The Morgan fingerprint density at radius 2 is 2.25 bits per heavy atom. The fraction of sp³-hybridized carbons (Fsp3) is 0.889. The summed E-state index contributed by atoms with van der Waals surface area (Å²) in [4.78, 5) is 4.42. The van der Waals surface area contributed by atoms with E-state index < -0.39 is 8.32 Å². The average molecular weight is 185 g/mol.